The molecule has 0 radical (unpaired) electrons. The van der Waals surface area contributed by atoms with Crippen LogP contribution < -0.4 is 11.1 Å². The molecule has 0 aliphatic rings. The zero-order valence-electron chi connectivity index (χ0n) is 9.83. The van der Waals surface area contributed by atoms with Gasteiger partial charge in [-0.05, 0) is 18.2 Å². The van der Waals surface area contributed by atoms with Gasteiger partial charge >= 0.3 is 0 Å². The van der Waals surface area contributed by atoms with Gasteiger partial charge in [0.25, 0.3) is 11.6 Å². The number of furan rings is 1. The lowest BCUT2D eigenvalue weighted by Gasteiger charge is -2.02. The van der Waals surface area contributed by atoms with E-state index in [4.69, 9.17) is 10.2 Å². The van der Waals surface area contributed by atoms with Crippen molar-refractivity contribution >= 4 is 17.3 Å². The van der Waals surface area contributed by atoms with Crippen LogP contribution in [0, 0.1) is 10.1 Å². The first-order valence-corrected chi connectivity index (χ1v) is 5.44. The van der Waals surface area contributed by atoms with Crippen molar-refractivity contribution in [3.05, 3.63) is 58.0 Å². The van der Waals surface area contributed by atoms with Gasteiger partial charge in [-0.1, -0.05) is 6.07 Å². The maximum absolute atomic E-state index is 11.8. The van der Waals surface area contributed by atoms with Crippen LogP contribution in [0.4, 0.5) is 11.4 Å². The van der Waals surface area contributed by atoms with Crippen molar-refractivity contribution in [2.45, 2.75) is 6.54 Å². The summed E-state index contributed by atoms with van der Waals surface area (Å²) in [5.74, 6) is 0.108. The molecular weight excluding hydrogens is 250 g/mol. The number of anilines is 1. The largest absolute Gasteiger partial charge is 0.455 e. The number of non-ortho nitro benzene ring substituents is 1. The third-order valence-electron chi connectivity index (χ3n) is 2.40. The molecule has 0 spiro atoms. The van der Waals surface area contributed by atoms with Gasteiger partial charge in [-0.2, -0.15) is 0 Å². The number of nitro benzene ring substituents is 1. The molecule has 1 amide bonds. The molecule has 0 fully saturated rings. The second-order valence-electron chi connectivity index (χ2n) is 3.73. The average molecular weight is 261 g/mol. The van der Waals surface area contributed by atoms with Crippen LogP contribution in [-0.4, -0.2) is 10.8 Å². The highest BCUT2D eigenvalue weighted by Crippen LogP contribution is 2.18. The van der Waals surface area contributed by atoms with Crippen LogP contribution in [0.1, 0.15) is 16.3 Å². The minimum Gasteiger partial charge on any atom is -0.455 e. The van der Waals surface area contributed by atoms with Gasteiger partial charge in [-0.3, -0.25) is 14.9 Å². The normalized spacial score (nSPS) is 10.2. The minimum absolute atomic E-state index is 0.0973. The van der Waals surface area contributed by atoms with Crippen molar-refractivity contribution in [1.29, 1.82) is 0 Å². The van der Waals surface area contributed by atoms with Gasteiger partial charge in [0.05, 0.1) is 11.5 Å². The number of rotatable bonds is 4. The van der Waals surface area contributed by atoms with E-state index in [1.165, 1.54) is 24.3 Å². The number of carbonyl (C=O) groups excluding carboxylic acids is 1. The van der Waals surface area contributed by atoms with E-state index in [0.717, 1.165) is 0 Å². The molecule has 3 N–H and O–H groups in total. The molecule has 1 heterocycles. The number of hydrogen-bond donors (Lipinski definition) is 2. The fraction of sp³-hybridized carbons (Fsp3) is 0.0833. The fourth-order valence-electron chi connectivity index (χ4n) is 1.50. The van der Waals surface area contributed by atoms with E-state index in [9.17, 15) is 14.9 Å². The number of nitrogens with two attached hydrogens (primary N) is 1. The summed E-state index contributed by atoms with van der Waals surface area (Å²) in [5, 5.41) is 13.1. The summed E-state index contributed by atoms with van der Waals surface area (Å²) in [7, 11) is 0. The van der Waals surface area contributed by atoms with E-state index < -0.39 is 10.8 Å². The fourth-order valence-corrected chi connectivity index (χ4v) is 1.50. The summed E-state index contributed by atoms with van der Waals surface area (Å²) in [6.07, 6.45) is 0. The lowest BCUT2D eigenvalue weighted by Crippen LogP contribution is -2.11. The Morgan fingerprint density at radius 2 is 2.16 bits per heavy atom. The lowest BCUT2D eigenvalue weighted by atomic mass is 10.2. The molecule has 0 saturated heterocycles. The van der Waals surface area contributed by atoms with E-state index in [2.05, 4.69) is 5.32 Å². The van der Waals surface area contributed by atoms with Gasteiger partial charge in [0.2, 0.25) is 0 Å². The number of benzene rings is 1. The summed E-state index contributed by atoms with van der Waals surface area (Å²) >= 11 is 0. The second kappa shape index (κ2) is 5.32. The topological polar surface area (TPSA) is 111 Å². The molecule has 19 heavy (non-hydrogen) atoms. The summed E-state index contributed by atoms with van der Waals surface area (Å²) in [6.45, 7) is 0.199. The molecule has 0 aliphatic heterocycles. The Hall–Kier alpha value is -2.67. The maximum atomic E-state index is 11.8. The molecular formula is C12H11N3O4. The molecule has 2 rings (SSSR count). The first kappa shape index (κ1) is 12.8. The lowest BCUT2D eigenvalue weighted by molar-refractivity contribution is -0.384. The van der Waals surface area contributed by atoms with Crippen molar-refractivity contribution in [1.82, 2.24) is 0 Å². The van der Waals surface area contributed by atoms with Crippen molar-refractivity contribution in [3.63, 3.8) is 0 Å². The van der Waals surface area contributed by atoms with E-state index in [-0.39, 0.29) is 18.0 Å². The van der Waals surface area contributed by atoms with Gasteiger partial charge < -0.3 is 15.5 Å². The molecule has 0 unspecified atom stereocenters. The number of carbonyl (C=O) groups is 1. The van der Waals surface area contributed by atoms with Crippen LogP contribution in [0.15, 0.2) is 40.8 Å². The predicted molar refractivity (Wildman–Crippen MR) is 67.6 cm³/mol. The molecule has 0 atom stereocenters. The highest BCUT2D eigenvalue weighted by atomic mass is 16.6. The number of nitro groups is 1. The molecule has 0 aliphatic carbocycles. The Kier molecular flexibility index (Phi) is 3.58. The zero-order valence-corrected chi connectivity index (χ0v) is 9.83. The maximum Gasteiger partial charge on any atom is 0.291 e. The molecule has 98 valence electrons. The monoisotopic (exact) mass is 261 g/mol. The summed E-state index contributed by atoms with van der Waals surface area (Å²) < 4.78 is 5.17. The van der Waals surface area contributed by atoms with Gasteiger partial charge in [0, 0.05) is 17.8 Å². The first-order chi connectivity index (χ1) is 9.10. The van der Waals surface area contributed by atoms with E-state index >= 15 is 0 Å². The number of nitrogens with one attached hydrogen (secondary N) is 1. The predicted octanol–water partition coefficient (Wildman–Crippen LogP) is 1.90. The van der Waals surface area contributed by atoms with Crippen LogP contribution in [0.25, 0.3) is 0 Å². The Labute approximate surface area is 108 Å². The Morgan fingerprint density at radius 1 is 1.37 bits per heavy atom. The number of nitrogens with zero attached hydrogens (tertiary/aromatic N) is 1. The van der Waals surface area contributed by atoms with Gasteiger partial charge in [-0.15, -0.1) is 0 Å². The van der Waals surface area contributed by atoms with Crippen LogP contribution in [0.2, 0.25) is 0 Å². The second-order valence-corrected chi connectivity index (χ2v) is 3.73. The smallest absolute Gasteiger partial charge is 0.291 e. The van der Waals surface area contributed by atoms with E-state index in [0.29, 0.717) is 11.4 Å². The quantitative estimate of drug-likeness (QED) is 0.644. The van der Waals surface area contributed by atoms with E-state index in [1.807, 2.05) is 0 Å². The summed E-state index contributed by atoms with van der Waals surface area (Å²) in [4.78, 5) is 21.9. The Bertz CT molecular complexity index is 621. The van der Waals surface area contributed by atoms with Crippen molar-refractivity contribution in [2.75, 3.05) is 5.32 Å². The Balaban J connectivity index is 2.14. The van der Waals surface area contributed by atoms with Crippen LogP contribution in [0.5, 0.6) is 0 Å². The van der Waals surface area contributed by atoms with Crippen LogP contribution in [0.3, 0.4) is 0 Å². The van der Waals surface area contributed by atoms with Crippen molar-refractivity contribution in [2.24, 2.45) is 5.73 Å². The zero-order chi connectivity index (χ0) is 13.8. The molecule has 1 aromatic heterocycles. The van der Waals surface area contributed by atoms with Gasteiger partial charge in [0.1, 0.15) is 5.76 Å². The molecule has 2 aromatic rings. The van der Waals surface area contributed by atoms with Gasteiger partial charge in [-0.25, -0.2) is 0 Å². The Morgan fingerprint density at radius 3 is 2.79 bits per heavy atom. The third-order valence-corrected chi connectivity index (χ3v) is 2.40. The van der Waals surface area contributed by atoms with Crippen molar-refractivity contribution in [3.8, 4) is 0 Å². The third kappa shape index (κ3) is 2.96. The highest BCUT2D eigenvalue weighted by molar-refractivity contribution is 6.02. The van der Waals surface area contributed by atoms with Crippen LogP contribution >= 0.6 is 0 Å². The van der Waals surface area contributed by atoms with Crippen molar-refractivity contribution < 1.29 is 14.1 Å². The van der Waals surface area contributed by atoms with Gasteiger partial charge in [0.15, 0.2) is 5.76 Å². The van der Waals surface area contributed by atoms with Crippen LogP contribution in [-0.2, 0) is 6.54 Å². The van der Waals surface area contributed by atoms with E-state index in [1.54, 1.807) is 12.1 Å². The average Bonchev–Trinajstić information content (AvgIpc) is 2.88. The molecule has 0 saturated carbocycles. The summed E-state index contributed by atoms with van der Waals surface area (Å²) in [5.41, 5.74) is 5.60. The SMILES string of the molecule is NCc1ccc(C(=O)Nc2cccc([N+](=O)[O-])c2)o1. The molecule has 1 aromatic carbocycles. The minimum atomic E-state index is -0.533. The summed E-state index contributed by atoms with van der Waals surface area (Å²) in [6, 6.07) is 8.75. The number of amides is 1. The number of hydrogen-bond acceptors (Lipinski definition) is 5. The first-order valence-electron chi connectivity index (χ1n) is 5.44. The molecule has 0 bridgehead atoms. The standard InChI is InChI=1S/C12H11N3O4/c13-7-10-4-5-11(19-10)12(16)14-8-2-1-3-9(6-8)15(17)18/h1-6H,7,13H2,(H,14,16). The molecule has 7 heteroatoms. The highest BCUT2D eigenvalue weighted by Gasteiger charge is 2.12. The molecule has 7 nitrogen and oxygen atoms in total.